The van der Waals surface area contributed by atoms with E-state index in [4.69, 9.17) is 0 Å². The number of nitrogens with zero attached hydrogens (tertiary/aromatic N) is 2. The van der Waals surface area contributed by atoms with Gasteiger partial charge in [0.2, 0.25) is 0 Å². The first kappa shape index (κ1) is 25.5. The number of amides is 1. The zero-order valence-corrected chi connectivity index (χ0v) is 21.4. The molecule has 4 rings (SSSR count). The highest BCUT2D eigenvalue weighted by Crippen LogP contribution is 2.29. The predicted molar refractivity (Wildman–Crippen MR) is 134 cm³/mol. The summed E-state index contributed by atoms with van der Waals surface area (Å²) in [6, 6.07) is 12.7. The molecule has 2 aromatic carbocycles. The van der Waals surface area contributed by atoms with E-state index < -0.39 is 37.4 Å². The van der Waals surface area contributed by atoms with Gasteiger partial charge in [0.15, 0.2) is 24.7 Å². The van der Waals surface area contributed by atoms with Crippen molar-refractivity contribution in [1.29, 1.82) is 0 Å². The lowest BCUT2D eigenvalue weighted by Gasteiger charge is -2.18. The molecule has 36 heavy (non-hydrogen) atoms. The Morgan fingerprint density at radius 1 is 1.00 bits per heavy atom. The second-order valence-electron chi connectivity index (χ2n) is 8.47. The zero-order valence-electron chi connectivity index (χ0n) is 19.8. The first-order chi connectivity index (χ1) is 16.9. The SMILES string of the molecule is CCC(NC(=O)c1cc(S(C)(=O)=O)cc2c1ccn2-c1ccc(F)cc1)c1ccc(S(C)(=O)=O)nc1. The maximum absolute atomic E-state index is 13.4. The summed E-state index contributed by atoms with van der Waals surface area (Å²) >= 11 is 0. The summed E-state index contributed by atoms with van der Waals surface area (Å²) < 4.78 is 63.4. The van der Waals surface area contributed by atoms with Crippen LogP contribution in [-0.4, -0.2) is 44.8 Å². The monoisotopic (exact) mass is 529 g/mol. The van der Waals surface area contributed by atoms with Gasteiger partial charge in [-0.1, -0.05) is 13.0 Å². The van der Waals surface area contributed by atoms with Crippen LogP contribution in [-0.2, 0) is 19.7 Å². The normalized spacial score (nSPS) is 13.0. The molecule has 0 bridgehead atoms. The highest BCUT2D eigenvalue weighted by atomic mass is 32.2. The van der Waals surface area contributed by atoms with Gasteiger partial charge in [-0.05, 0) is 60.5 Å². The fraction of sp³-hybridized carbons (Fsp3) is 0.200. The summed E-state index contributed by atoms with van der Waals surface area (Å²) in [4.78, 5) is 17.4. The molecule has 4 aromatic rings. The van der Waals surface area contributed by atoms with E-state index in [-0.39, 0.29) is 15.5 Å². The van der Waals surface area contributed by atoms with Crippen LogP contribution in [0.2, 0.25) is 0 Å². The van der Waals surface area contributed by atoms with Crippen LogP contribution in [0.25, 0.3) is 16.6 Å². The zero-order chi connectivity index (χ0) is 26.3. The Balaban J connectivity index is 1.77. The summed E-state index contributed by atoms with van der Waals surface area (Å²) in [7, 11) is -7.12. The summed E-state index contributed by atoms with van der Waals surface area (Å²) in [6.45, 7) is 1.85. The Bertz CT molecular complexity index is 1660. The molecule has 0 spiro atoms. The van der Waals surface area contributed by atoms with E-state index in [1.165, 1.54) is 36.5 Å². The van der Waals surface area contributed by atoms with Crippen molar-refractivity contribution in [1.82, 2.24) is 14.9 Å². The smallest absolute Gasteiger partial charge is 0.252 e. The minimum absolute atomic E-state index is 0.0329. The molecule has 2 heterocycles. The number of carbonyl (C=O) groups is 1. The van der Waals surface area contributed by atoms with Crippen LogP contribution in [0.1, 0.15) is 35.3 Å². The molecular formula is C25H24FN3O5S2. The molecular weight excluding hydrogens is 505 g/mol. The molecule has 0 aliphatic heterocycles. The van der Waals surface area contributed by atoms with E-state index in [1.807, 2.05) is 6.92 Å². The van der Waals surface area contributed by atoms with Gasteiger partial charge in [0.25, 0.3) is 5.91 Å². The first-order valence-electron chi connectivity index (χ1n) is 11.0. The number of carbonyl (C=O) groups excluding carboxylic acids is 1. The second-order valence-corrected chi connectivity index (χ2v) is 12.5. The van der Waals surface area contributed by atoms with Crippen molar-refractivity contribution in [3.8, 4) is 5.69 Å². The number of hydrogen-bond acceptors (Lipinski definition) is 6. The number of hydrogen-bond donors (Lipinski definition) is 1. The topological polar surface area (TPSA) is 115 Å². The van der Waals surface area contributed by atoms with Gasteiger partial charge in [-0.2, -0.15) is 0 Å². The van der Waals surface area contributed by atoms with Crippen molar-refractivity contribution in [2.75, 3.05) is 12.5 Å². The van der Waals surface area contributed by atoms with Crippen molar-refractivity contribution in [3.63, 3.8) is 0 Å². The highest BCUT2D eigenvalue weighted by molar-refractivity contribution is 7.91. The molecule has 0 aliphatic rings. The number of sulfone groups is 2. The van der Waals surface area contributed by atoms with Gasteiger partial charge in [0, 0.05) is 36.0 Å². The first-order valence-corrected chi connectivity index (χ1v) is 14.7. The number of halogens is 1. The van der Waals surface area contributed by atoms with Crippen LogP contribution in [0.15, 0.2) is 76.9 Å². The summed E-state index contributed by atoms with van der Waals surface area (Å²) in [5.74, 6) is -0.904. The fourth-order valence-corrected chi connectivity index (χ4v) is 5.14. The summed E-state index contributed by atoms with van der Waals surface area (Å²) in [5.41, 5.74) is 1.85. The molecule has 1 unspecified atom stereocenters. The summed E-state index contributed by atoms with van der Waals surface area (Å²) in [5, 5.41) is 3.35. The molecule has 0 fully saturated rings. The standard InChI is InChI=1S/C25H24FN3O5S2/c1-4-22(16-5-10-24(27-15-16)36(3,33)34)28-25(30)21-13-19(35(2,31)32)14-23-20(21)11-12-29(23)18-8-6-17(26)7-9-18/h5-15,22H,4H2,1-3H3,(H,28,30). The Hall–Kier alpha value is -3.57. The Morgan fingerprint density at radius 2 is 1.69 bits per heavy atom. The lowest BCUT2D eigenvalue weighted by atomic mass is 10.0. The van der Waals surface area contributed by atoms with Gasteiger partial charge < -0.3 is 9.88 Å². The van der Waals surface area contributed by atoms with Crippen LogP contribution >= 0.6 is 0 Å². The van der Waals surface area contributed by atoms with Crippen molar-refractivity contribution in [2.45, 2.75) is 29.3 Å². The fourth-order valence-electron chi connectivity index (χ4n) is 3.92. The van der Waals surface area contributed by atoms with Crippen molar-refractivity contribution in [2.24, 2.45) is 0 Å². The molecule has 2 aromatic heterocycles. The van der Waals surface area contributed by atoms with Crippen LogP contribution in [0, 0.1) is 5.82 Å². The number of rotatable bonds is 7. The molecule has 0 saturated heterocycles. The van der Waals surface area contributed by atoms with Gasteiger partial charge >= 0.3 is 0 Å². The lowest BCUT2D eigenvalue weighted by Crippen LogP contribution is -2.28. The van der Waals surface area contributed by atoms with Crippen LogP contribution in [0.4, 0.5) is 4.39 Å². The van der Waals surface area contributed by atoms with Crippen molar-refractivity contribution in [3.05, 3.63) is 83.9 Å². The highest BCUT2D eigenvalue weighted by Gasteiger charge is 2.22. The third kappa shape index (κ3) is 5.17. The maximum Gasteiger partial charge on any atom is 0.252 e. The van der Waals surface area contributed by atoms with E-state index in [0.29, 0.717) is 28.6 Å². The van der Waals surface area contributed by atoms with E-state index in [0.717, 1.165) is 12.5 Å². The molecule has 1 amide bonds. The van der Waals surface area contributed by atoms with Gasteiger partial charge in [-0.3, -0.25) is 4.79 Å². The lowest BCUT2D eigenvalue weighted by molar-refractivity contribution is 0.0937. The van der Waals surface area contributed by atoms with Gasteiger partial charge in [0.1, 0.15) is 5.82 Å². The minimum atomic E-state index is -3.66. The number of aromatic nitrogens is 2. The van der Waals surface area contributed by atoms with Crippen molar-refractivity contribution < 1.29 is 26.0 Å². The average Bonchev–Trinajstić information content (AvgIpc) is 3.25. The van der Waals surface area contributed by atoms with E-state index in [2.05, 4.69) is 10.3 Å². The molecule has 188 valence electrons. The quantitative estimate of drug-likeness (QED) is 0.389. The molecule has 1 atom stereocenters. The Kier molecular flexibility index (Phi) is 6.72. The van der Waals surface area contributed by atoms with Gasteiger partial charge in [-0.25, -0.2) is 26.2 Å². The summed E-state index contributed by atoms with van der Waals surface area (Å²) in [6.07, 6.45) is 5.69. The van der Waals surface area contributed by atoms with E-state index in [9.17, 15) is 26.0 Å². The molecule has 1 N–H and O–H groups in total. The number of benzene rings is 2. The van der Waals surface area contributed by atoms with Crippen LogP contribution < -0.4 is 5.32 Å². The van der Waals surface area contributed by atoms with Crippen LogP contribution in [0.3, 0.4) is 0 Å². The van der Waals surface area contributed by atoms with E-state index in [1.54, 1.807) is 35.0 Å². The number of fused-ring (bicyclic) bond motifs is 1. The molecule has 0 radical (unpaired) electrons. The molecule has 0 aliphatic carbocycles. The number of pyridine rings is 1. The maximum atomic E-state index is 13.4. The molecule has 0 saturated carbocycles. The van der Waals surface area contributed by atoms with E-state index >= 15 is 0 Å². The second kappa shape index (κ2) is 9.47. The predicted octanol–water partition coefficient (Wildman–Crippen LogP) is 3.85. The minimum Gasteiger partial charge on any atom is -0.345 e. The third-order valence-electron chi connectivity index (χ3n) is 5.81. The Labute approximate surface area is 208 Å². The average molecular weight is 530 g/mol. The Morgan fingerprint density at radius 3 is 2.25 bits per heavy atom. The van der Waals surface area contributed by atoms with Gasteiger partial charge in [0.05, 0.1) is 22.0 Å². The number of nitrogens with one attached hydrogen (secondary N) is 1. The molecule has 11 heteroatoms. The molecule has 8 nitrogen and oxygen atoms in total. The van der Waals surface area contributed by atoms with Gasteiger partial charge in [-0.15, -0.1) is 0 Å². The van der Waals surface area contributed by atoms with Crippen molar-refractivity contribution >= 4 is 36.5 Å². The third-order valence-corrected chi connectivity index (χ3v) is 7.91. The van der Waals surface area contributed by atoms with Crippen LogP contribution in [0.5, 0.6) is 0 Å². The largest absolute Gasteiger partial charge is 0.345 e.